The first-order valence-corrected chi connectivity index (χ1v) is 21.8. The van der Waals surface area contributed by atoms with Crippen LogP contribution >= 0.6 is 39.7 Å². The summed E-state index contributed by atoms with van der Waals surface area (Å²) in [6, 6.07) is 23.1. The van der Waals surface area contributed by atoms with Gasteiger partial charge in [-0.3, -0.25) is 4.79 Å². The van der Waals surface area contributed by atoms with Crippen LogP contribution in [0, 0.1) is 27.7 Å². The molecule has 1 amide bonds. The van der Waals surface area contributed by atoms with Crippen molar-refractivity contribution in [3.05, 3.63) is 138 Å². The van der Waals surface area contributed by atoms with Gasteiger partial charge in [-0.2, -0.15) is 0 Å². The van der Waals surface area contributed by atoms with Gasteiger partial charge in [0.05, 0.1) is 51.0 Å². The molecule has 0 radical (unpaired) electrons. The van der Waals surface area contributed by atoms with Gasteiger partial charge < -0.3 is 20.2 Å². The van der Waals surface area contributed by atoms with Crippen molar-refractivity contribution < 1.29 is 14.7 Å². The molecule has 0 unspecified atom stereocenters. The molecule has 0 atom stereocenters. The molecule has 2 heterocycles. The van der Waals surface area contributed by atoms with Gasteiger partial charge in [0.25, 0.3) is 5.91 Å². The monoisotopic (exact) mass is 921 g/mol. The highest BCUT2D eigenvalue weighted by molar-refractivity contribution is 8.93. The van der Waals surface area contributed by atoms with Crippen LogP contribution in [-0.4, -0.2) is 83.2 Å². The number of nitrogens with zero attached hydrogens (tertiary/aromatic N) is 6. The number of aliphatic imine (C=N–C) groups is 2. The Labute approximate surface area is 379 Å². The van der Waals surface area contributed by atoms with E-state index in [4.69, 9.17) is 15.1 Å². The number of hydrogen-bond donors (Lipinski definition) is 2. The van der Waals surface area contributed by atoms with Gasteiger partial charge in [0.1, 0.15) is 0 Å². The number of aromatic carboxylic acids is 1. The van der Waals surface area contributed by atoms with Crippen LogP contribution in [0.2, 0.25) is 0 Å². The molecule has 0 aliphatic rings. The second-order valence-electron chi connectivity index (χ2n) is 14.7. The summed E-state index contributed by atoms with van der Waals surface area (Å²) in [5, 5.41) is 18.1. The van der Waals surface area contributed by atoms with Gasteiger partial charge in [-0.15, -0.1) is 39.7 Å². The highest BCUT2D eigenvalue weighted by Gasteiger charge is 2.13. The van der Waals surface area contributed by atoms with Crippen molar-refractivity contribution in [1.82, 2.24) is 25.1 Å². The van der Waals surface area contributed by atoms with Gasteiger partial charge in [0.2, 0.25) is 0 Å². The fraction of sp³-hybridized carbons (Fsp3) is 0.292. The molecule has 0 saturated carbocycles. The molecule has 61 heavy (non-hydrogen) atoms. The van der Waals surface area contributed by atoms with Gasteiger partial charge in [0.15, 0.2) is 0 Å². The first-order valence-electron chi connectivity index (χ1n) is 20.1. The van der Waals surface area contributed by atoms with Crippen LogP contribution in [0.5, 0.6) is 0 Å². The maximum atomic E-state index is 11.9. The van der Waals surface area contributed by atoms with E-state index < -0.39 is 5.97 Å². The van der Waals surface area contributed by atoms with Crippen molar-refractivity contribution in [2.24, 2.45) is 9.98 Å². The number of thiazole rings is 2. The van der Waals surface area contributed by atoms with Crippen molar-refractivity contribution in [1.29, 1.82) is 0 Å². The maximum absolute atomic E-state index is 11.9. The van der Waals surface area contributed by atoms with E-state index in [1.54, 1.807) is 46.9 Å². The number of aryl methyl sites for hydroxylation is 4. The number of rotatable bonds is 15. The molecule has 0 fully saturated rings. The first kappa shape index (κ1) is 48.2. The predicted molar refractivity (Wildman–Crippen MR) is 261 cm³/mol. The Balaban J connectivity index is 0.000000265. The summed E-state index contributed by atoms with van der Waals surface area (Å²) in [6.45, 7) is 17.0. The Morgan fingerprint density at radius 1 is 0.656 bits per heavy atom. The predicted octanol–water partition coefficient (Wildman–Crippen LogP) is 11.3. The van der Waals surface area contributed by atoms with Crippen LogP contribution in [0.1, 0.15) is 84.9 Å². The number of aromatic nitrogens is 2. The third kappa shape index (κ3) is 13.5. The average Bonchev–Trinajstić information content (AvgIpc) is 3.92. The molecule has 4 aromatic carbocycles. The largest absolute Gasteiger partial charge is 0.478 e. The van der Waals surface area contributed by atoms with Gasteiger partial charge in [-0.1, -0.05) is 36.4 Å². The summed E-state index contributed by atoms with van der Waals surface area (Å²) in [5.41, 5.74) is 14.0. The molecular formula is C48H56BrN7O3S2. The summed E-state index contributed by atoms with van der Waals surface area (Å²) >= 11 is 3.29. The fourth-order valence-electron chi connectivity index (χ4n) is 6.08. The van der Waals surface area contributed by atoms with Crippen LogP contribution in [-0.2, 0) is 12.8 Å². The Hall–Kier alpha value is -5.50. The van der Waals surface area contributed by atoms with Crippen LogP contribution in [0.25, 0.3) is 22.5 Å². The zero-order valence-electron chi connectivity index (χ0n) is 36.4. The highest BCUT2D eigenvalue weighted by atomic mass is 79.9. The second kappa shape index (κ2) is 22.9. The molecule has 2 aromatic heterocycles. The van der Waals surface area contributed by atoms with Gasteiger partial charge in [0, 0.05) is 74.0 Å². The summed E-state index contributed by atoms with van der Waals surface area (Å²) in [6.07, 6.45) is 5.31. The Morgan fingerprint density at radius 3 is 1.44 bits per heavy atom. The van der Waals surface area contributed by atoms with Gasteiger partial charge in [-0.25, -0.2) is 24.7 Å². The van der Waals surface area contributed by atoms with E-state index in [9.17, 15) is 9.59 Å². The zero-order chi connectivity index (χ0) is 43.3. The van der Waals surface area contributed by atoms with E-state index in [1.807, 2.05) is 68.2 Å². The fourth-order valence-corrected chi connectivity index (χ4v) is 7.73. The minimum Gasteiger partial charge on any atom is -0.478 e. The van der Waals surface area contributed by atoms with Crippen molar-refractivity contribution in [2.75, 3.05) is 33.7 Å². The van der Waals surface area contributed by atoms with Gasteiger partial charge >= 0.3 is 5.97 Å². The molecule has 0 aliphatic heterocycles. The summed E-state index contributed by atoms with van der Waals surface area (Å²) in [5.74, 6) is -0.969. The Morgan fingerprint density at radius 2 is 1.07 bits per heavy atom. The number of hydrogen-bond acceptors (Lipinski definition) is 8. The van der Waals surface area contributed by atoms with Crippen LogP contribution in [0.15, 0.2) is 93.5 Å². The number of amides is 1. The number of carbonyl (C=O) groups excluding carboxylic acids is 1. The average molecular weight is 923 g/mol. The lowest BCUT2D eigenvalue weighted by atomic mass is 10.0. The Kier molecular flexibility index (Phi) is 18.1. The van der Waals surface area contributed by atoms with Gasteiger partial charge in [-0.05, 0) is 118 Å². The minimum atomic E-state index is -0.921. The molecule has 320 valence electrons. The molecule has 0 aliphatic carbocycles. The summed E-state index contributed by atoms with van der Waals surface area (Å²) in [7, 11) is 4.03. The van der Waals surface area contributed by atoms with E-state index >= 15 is 0 Å². The lowest BCUT2D eigenvalue weighted by Gasteiger charge is -2.11. The quantitative estimate of drug-likeness (QED) is 0.0776. The SMILES string of the molecule is Br.CCN(C)C=Nc1cc(C)c(Cc2nc(-c3ccc(C(=O)O)cc3)cs2)cc1C.CCNC(=O)c1ccc(-c2csc(Cc3cc(C)c(N=CN(C)CC)cc3C)n2)cc1. The normalized spacial score (nSPS) is 11.0. The molecule has 6 rings (SSSR count). The van der Waals surface area contributed by atoms with Crippen LogP contribution < -0.4 is 5.32 Å². The van der Waals surface area contributed by atoms with E-state index in [0.29, 0.717) is 12.1 Å². The second-order valence-corrected chi connectivity index (χ2v) is 16.6. The first-order chi connectivity index (χ1) is 28.8. The third-order valence-electron chi connectivity index (χ3n) is 10.1. The smallest absolute Gasteiger partial charge is 0.335 e. The van der Waals surface area contributed by atoms with E-state index in [-0.39, 0.29) is 28.5 Å². The van der Waals surface area contributed by atoms with Crippen molar-refractivity contribution in [3.63, 3.8) is 0 Å². The van der Waals surface area contributed by atoms with Crippen molar-refractivity contribution >= 4 is 75.6 Å². The summed E-state index contributed by atoms with van der Waals surface area (Å²) < 4.78 is 0. The minimum absolute atomic E-state index is 0. The Bertz CT molecular complexity index is 2460. The molecule has 2 N–H and O–H groups in total. The molecule has 0 bridgehead atoms. The molecule has 10 nitrogen and oxygen atoms in total. The third-order valence-corrected chi connectivity index (χ3v) is 11.8. The van der Waals surface area contributed by atoms with Crippen LogP contribution in [0.4, 0.5) is 11.4 Å². The lowest BCUT2D eigenvalue weighted by Crippen LogP contribution is -2.22. The molecule has 0 spiro atoms. The maximum Gasteiger partial charge on any atom is 0.335 e. The molecule has 0 saturated heterocycles. The number of halogens is 1. The van der Waals surface area contributed by atoms with E-state index in [0.717, 1.165) is 75.4 Å². The number of carboxylic acids is 1. The van der Waals surface area contributed by atoms with Crippen molar-refractivity contribution in [2.45, 2.75) is 61.3 Å². The molecule has 13 heteroatoms. The lowest BCUT2D eigenvalue weighted by molar-refractivity contribution is 0.0696. The van der Waals surface area contributed by atoms with E-state index in [1.165, 1.54) is 27.8 Å². The number of carboxylic acid groups (broad SMARTS) is 1. The van der Waals surface area contributed by atoms with Crippen molar-refractivity contribution in [3.8, 4) is 22.5 Å². The molecule has 6 aromatic rings. The van der Waals surface area contributed by atoms with Crippen LogP contribution in [0.3, 0.4) is 0 Å². The van der Waals surface area contributed by atoms with E-state index in [2.05, 4.69) is 91.4 Å². The topological polar surface area (TPSA) is 123 Å². The summed E-state index contributed by atoms with van der Waals surface area (Å²) in [4.78, 5) is 45.8. The molecular weight excluding hydrogens is 867 g/mol. The highest BCUT2D eigenvalue weighted by Crippen LogP contribution is 2.30. The standard InChI is InChI=1S/C25H30N4OS.C23H25N3O2S.BrH/c1-6-26-25(30)20-10-8-19(9-11-20)23-15-31-24(28-23)14-21-12-18(4)22(13-17(21)3)27-16-29(5)7-2;1-5-26(4)14-24-20-11-15(2)19(10-16(20)3)12-22-25-21(13-29-22)17-6-8-18(9-7-17)23(27)28;/h8-13,15-16H,6-7,14H2,1-5H3,(H,26,30);6-11,13-14H,5,12H2,1-4H3,(H,27,28);1H. The number of benzene rings is 4. The number of nitrogens with one attached hydrogen (secondary N) is 1. The zero-order valence-corrected chi connectivity index (χ0v) is 39.8. The number of carbonyl (C=O) groups is 2.